The Hall–Kier alpha value is -3.68. The molecule has 3 amide bonds. The SMILES string of the molecule is NC(=O)C1CCN(C(=O)CN2C(=O)C(=Cc3ccc(F)cc3)Oc3ccccc32)CC1. The van der Waals surface area contributed by atoms with E-state index in [9.17, 15) is 18.8 Å². The van der Waals surface area contributed by atoms with E-state index in [2.05, 4.69) is 0 Å². The molecule has 2 aromatic rings. The van der Waals surface area contributed by atoms with Crippen LogP contribution in [0, 0.1) is 11.7 Å². The average molecular weight is 423 g/mol. The van der Waals surface area contributed by atoms with E-state index in [1.807, 2.05) is 0 Å². The largest absolute Gasteiger partial charge is 0.449 e. The minimum absolute atomic E-state index is 0.0468. The molecule has 0 saturated carbocycles. The van der Waals surface area contributed by atoms with Gasteiger partial charge < -0.3 is 15.4 Å². The molecule has 4 rings (SSSR count). The van der Waals surface area contributed by atoms with Crippen molar-refractivity contribution in [3.8, 4) is 5.75 Å². The van der Waals surface area contributed by atoms with Crippen molar-refractivity contribution in [2.24, 2.45) is 11.7 Å². The lowest BCUT2D eigenvalue weighted by Crippen LogP contribution is -2.48. The summed E-state index contributed by atoms with van der Waals surface area (Å²) in [6.07, 6.45) is 2.56. The Labute approximate surface area is 178 Å². The van der Waals surface area contributed by atoms with E-state index in [0.717, 1.165) is 0 Å². The second-order valence-corrected chi connectivity index (χ2v) is 7.58. The summed E-state index contributed by atoms with van der Waals surface area (Å²) >= 11 is 0. The van der Waals surface area contributed by atoms with Gasteiger partial charge in [-0.2, -0.15) is 0 Å². The topological polar surface area (TPSA) is 92.9 Å². The van der Waals surface area contributed by atoms with Gasteiger partial charge in [0, 0.05) is 19.0 Å². The third-order valence-corrected chi connectivity index (χ3v) is 5.54. The molecule has 1 saturated heterocycles. The highest BCUT2D eigenvalue weighted by Crippen LogP contribution is 2.35. The molecule has 0 aromatic heterocycles. The van der Waals surface area contributed by atoms with E-state index >= 15 is 0 Å². The number of carbonyl (C=O) groups excluding carboxylic acids is 3. The van der Waals surface area contributed by atoms with Crippen molar-refractivity contribution in [3.63, 3.8) is 0 Å². The summed E-state index contributed by atoms with van der Waals surface area (Å²) in [6.45, 7) is 0.691. The number of benzene rings is 2. The van der Waals surface area contributed by atoms with Gasteiger partial charge in [0.2, 0.25) is 11.8 Å². The number of nitrogens with zero attached hydrogens (tertiary/aromatic N) is 2. The van der Waals surface area contributed by atoms with Gasteiger partial charge in [0.05, 0.1) is 5.69 Å². The molecule has 2 aliphatic rings. The summed E-state index contributed by atoms with van der Waals surface area (Å²) in [5.74, 6) is -1.12. The maximum Gasteiger partial charge on any atom is 0.294 e. The minimum Gasteiger partial charge on any atom is -0.449 e. The van der Waals surface area contributed by atoms with Crippen molar-refractivity contribution in [1.82, 2.24) is 4.90 Å². The number of likely N-dealkylation sites (tertiary alicyclic amines) is 1. The third-order valence-electron chi connectivity index (χ3n) is 5.54. The van der Waals surface area contributed by atoms with Gasteiger partial charge in [0.25, 0.3) is 5.91 Å². The standard InChI is InChI=1S/C23H22FN3O4/c24-17-7-5-15(6-8-17)13-20-23(30)27(18-3-1-2-4-19(18)31-20)14-21(28)26-11-9-16(10-12-26)22(25)29/h1-8,13,16H,9-12,14H2,(H2,25,29). The number of halogens is 1. The Morgan fingerprint density at radius 3 is 2.45 bits per heavy atom. The summed E-state index contributed by atoms with van der Waals surface area (Å²) in [5, 5.41) is 0. The smallest absolute Gasteiger partial charge is 0.294 e. The van der Waals surface area contributed by atoms with Crippen molar-refractivity contribution in [1.29, 1.82) is 0 Å². The molecule has 2 aliphatic heterocycles. The van der Waals surface area contributed by atoms with Crippen LogP contribution in [0.2, 0.25) is 0 Å². The van der Waals surface area contributed by atoms with E-state index in [1.54, 1.807) is 29.2 Å². The van der Waals surface area contributed by atoms with Gasteiger partial charge in [0.15, 0.2) is 11.5 Å². The number of rotatable bonds is 4. The lowest BCUT2D eigenvalue weighted by molar-refractivity contribution is -0.134. The molecular weight excluding hydrogens is 401 g/mol. The number of amides is 3. The lowest BCUT2D eigenvalue weighted by atomic mass is 9.96. The molecule has 0 spiro atoms. The van der Waals surface area contributed by atoms with Crippen LogP contribution in [0.5, 0.6) is 5.75 Å². The van der Waals surface area contributed by atoms with Gasteiger partial charge >= 0.3 is 0 Å². The van der Waals surface area contributed by atoms with Gasteiger partial charge in [-0.05, 0) is 48.7 Å². The monoisotopic (exact) mass is 423 g/mol. The van der Waals surface area contributed by atoms with Crippen molar-refractivity contribution < 1.29 is 23.5 Å². The van der Waals surface area contributed by atoms with Crippen LogP contribution in [0.25, 0.3) is 6.08 Å². The molecule has 8 heteroatoms. The summed E-state index contributed by atoms with van der Waals surface area (Å²) in [6, 6.07) is 12.6. The molecule has 0 aliphatic carbocycles. The highest BCUT2D eigenvalue weighted by Gasteiger charge is 2.34. The van der Waals surface area contributed by atoms with Crippen molar-refractivity contribution in [2.75, 3.05) is 24.5 Å². The Morgan fingerprint density at radius 2 is 1.77 bits per heavy atom. The zero-order valence-electron chi connectivity index (χ0n) is 16.8. The fourth-order valence-electron chi connectivity index (χ4n) is 3.78. The second-order valence-electron chi connectivity index (χ2n) is 7.58. The van der Waals surface area contributed by atoms with Gasteiger partial charge in [-0.3, -0.25) is 19.3 Å². The van der Waals surface area contributed by atoms with E-state index in [-0.39, 0.29) is 35.9 Å². The molecule has 2 aromatic carbocycles. The van der Waals surface area contributed by atoms with Crippen LogP contribution in [0.1, 0.15) is 18.4 Å². The van der Waals surface area contributed by atoms with E-state index < -0.39 is 5.91 Å². The average Bonchev–Trinajstić information content (AvgIpc) is 2.78. The number of carbonyl (C=O) groups is 3. The Balaban J connectivity index is 1.56. The maximum absolute atomic E-state index is 13.2. The molecule has 7 nitrogen and oxygen atoms in total. The lowest BCUT2D eigenvalue weighted by Gasteiger charge is -2.34. The summed E-state index contributed by atoms with van der Waals surface area (Å²) in [5.41, 5.74) is 6.46. The van der Waals surface area contributed by atoms with Crippen LogP contribution >= 0.6 is 0 Å². The summed E-state index contributed by atoms with van der Waals surface area (Å²) in [4.78, 5) is 40.5. The van der Waals surface area contributed by atoms with Crippen LogP contribution in [0.4, 0.5) is 10.1 Å². The first kappa shape index (κ1) is 20.6. The van der Waals surface area contributed by atoms with E-state index in [0.29, 0.717) is 42.9 Å². The quantitative estimate of drug-likeness (QED) is 0.764. The van der Waals surface area contributed by atoms with E-state index in [1.165, 1.54) is 35.2 Å². The number of nitrogens with two attached hydrogens (primary N) is 1. The third kappa shape index (κ3) is 4.42. The van der Waals surface area contributed by atoms with Gasteiger partial charge in [-0.1, -0.05) is 24.3 Å². The molecule has 0 bridgehead atoms. The summed E-state index contributed by atoms with van der Waals surface area (Å²) in [7, 11) is 0. The fraction of sp³-hybridized carbons (Fsp3) is 0.261. The highest BCUT2D eigenvalue weighted by atomic mass is 19.1. The first-order chi connectivity index (χ1) is 14.9. The first-order valence-corrected chi connectivity index (χ1v) is 10.1. The number of anilines is 1. The molecule has 1 fully saturated rings. The van der Waals surface area contributed by atoms with Crippen molar-refractivity contribution >= 4 is 29.5 Å². The molecule has 31 heavy (non-hydrogen) atoms. The first-order valence-electron chi connectivity index (χ1n) is 10.1. The van der Waals surface area contributed by atoms with Crippen LogP contribution < -0.4 is 15.4 Å². The fourth-order valence-corrected chi connectivity index (χ4v) is 3.78. The zero-order valence-corrected chi connectivity index (χ0v) is 16.8. The number of piperidine rings is 1. The highest BCUT2D eigenvalue weighted by molar-refractivity contribution is 6.12. The number of hydrogen-bond donors (Lipinski definition) is 1. The Morgan fingerprint density at radius 1 is 1.10 bits per heavy atom. The number of fused-ring (bicyclic) bond motifs is 1. The normalized spacial score (nSPS) is 18.0. The number of hydrogen-bond acceptors (Lipinski definition) is 4. The predicted molar refractivity (Wildman–Crippen MR) is 112 cm³/mol. The van der Waals surface area contributed by atoms with E-state index in [4.69, 9.17) is 10.5 Å². The second kappa shape index (κ2) is 8.59. The van der Waals surface area contributed by atoms with Crippen LogP contribution in [0.3, 0.4) is 0 Å². The van der Waals surface area contributed by atoms with Gasteiger partial charge in [0.1, 0.15) is 12.4 Å². The maximum atomic E-state index is 13.2. The van der Waals surface area contributed by atoms with Crippen LogP contribution in [-0.4, -0.2) is 42.3 Å². The summed E-state index contributed by atoms with van der Waals surface area (Å²) < 4.78 is 19.0. The number of para-hydroxylation sites is 2. The molecule has 2 heterocycles. The molecule has 2 N–H and O–H groups in total. The Bertz CT molecular complexity index is 1040. The minimum atomic E-state index is -0.455. The van der Waals surface area contributed by atoms with Crippen LogP contribution in [0.15, 0.2) is 54.3 Å². The molecule has 160 valence electrons. The number of primary amides is 1. The van der Waals surface area contributed by atoms with Gasteiger partial charge in [-0.15, -0.1) is 0 Å². The molecule has 0 atom stereocenters. The molecule has 0 radical (unpaired) electrons. The number of ether oxygens (including phenoxy) is 1. The van der Waals surface area contributed by atoms with Crippen LogP contribution in [-0.2, 0) is 14.4 Å². The Kier molecular flexibility index (Phi) is 5.70. The molecule has 0 unspecified atom stereocenters. The van der Waals surface area contributed by atoms with Gasteiger partial charge in [-0.25, -0.2) is 4.39 Å². The molecular formula is C23H22FN3O4. The predicted octanol–water partition coefficient (Wildman–Crippen LogP) is 2.32. The van der Waals surface area contributed by atoms with Crippen molar-refractivity contribution in [2.45, 2.75) is 12.8 Å². The van der Waals surface area contributed by atoms with Crippen molar-refractivity contribution in [3.05, 3.63) is 65.7 Å². The zero-order chi connectivity index (χ0) is 22.0.